The number of amidine groups is 1. The van der Waals surface area contributed by atoms with Crippen LogP contribution < -0.4 is 4.74 Å². The molecule has 5 unspecified atom stereocenters. The molecule has 350 valence electrons. The fourth-order valence-electron chi connectivity index (χ4n) is 9.88. The van der Waals surface area contributed by atoms with Crippen molar-refractivity contribution in [3.05, 3.63) is 113 Å². The number of esters is 2. The van der Waals surface area contributed by atoms with Crippen LogP contribution in [0, 0.1) is 23.7 Å². The molecule has 66 heavy (non-hydrogen) atoms. The zero-order chi connectivity index (χ0) is 47.9. The highest BCUT2D eigenvalue weighted by Gasteiger charge is 2.59. The standard InChI is InChI=1S/C19H22N2O.C16H17NO5.C11H14N2O4.C4H6O/c1-2-13-12-21-10-8-14(13)11-18(21)19(22)16-7-9-20-17-6-4-3-5-15(16)17;1-8-7-16(15(20)22-3)10-4-5-12(21-2)17-11(10)6-9(13(8)18)14(16)19;1-16-10(15)9-6-5-12-11(17-2)13-7(6)3-4-8(9)14;1-4(2)3-5/h2-7,9,13-14,18-19,22H,1,8,10-12H2;4-5,9,18H,6-7H2,1-3H3;5-7,14H,3-4H2,1-2H3;3H,1H2,2H3/t13-,14?,18-,19+;9?,16-;;/m00../s1. The zero-order valence-corrected chi connectivity index (χ0v) is 38.3. The largest absolute Gasteiger partial charge is 0.512 e. The predicted octanol–water partition coefficient (Wildman–Crippen LogP) is 6.24. The molecule has 4 bridgehead atoms. The molecule has 16 nitrogen and oxygen atoms in total. The van der Waals surface area contributed by atoms with Crippen molar-refractivity contribution in [1.82, 2.24) is 14.9 Å². The molecular weight excluding hydrogens is 847 g/mol. The second-order valence-electron chi connectivity index (χ2n) is 17.2. The van der Waals surface area contributed by atoms with Gasteiger partial charge in [-0.15, -0.1) is 6.58 Å². The summed E-state index contributed by atoms with van der Waals surface area (Å²) < 4.78 is 19.6. The van der Waals surface area contributed by atoms with E-state index in [0.29, 0.717) is 59.0 Å². The van der Waals surface area contributed by atoms with Gasteiger partial charge in [0.05, 0.1) is 69.2 Å². The molecule has 0 radical (unpaired) electrons. The minimum atomic E-state index is -1.41. The SMILES string of the molecule is C=C(C)C=O.C=C[C@H]1CN2CCC1C[C@H]2[C@H](O)c1ccnc2ccccc12.COC(=O)C1=C(O)CCC2N=C(OC)N=CC12.COC(=O)[C@@]12CC(C)=C(O)C(Cc3nc(OC)ccc31)C2=O. The molecule has 3 saturated heterocycles. The molecule has 9 atom stereocenters. The molecule has 4 aliphatic heterocycles. The van der Waals surface area contributed by atoms with E-state index in [1.54, 1.807) is 32.2 Å². The molecule has 7 aliphatic rings. The van der Waals surface area contributed by atoms with E-state index in [-0.39, 0.29) is 53.7 Å². The zero-order valence-electron chi connectivity index (χ0n) is 38.3. The van der Waals surface area contributed by atoms with E-state index in [0.717, 1.165) is 42.3 Å². The number of benzene rings is 1. The summed E-state index contributed by atoms with van der Waals surface area (Å²) in [5.74, 6) is -0.743. The van der Waals surface area contributed by atoms with Crippen molar-refractivity contribution in [1.29, 1.82) is 0 Å². The number of allylic oxidation sites excluding steroid dienone is 4. The molecule has 0 amide bonds. The minimum Gasteiger partial charge on any atom is -0.512 e. The number of Topliss-reactive ketones (excluding diaryl/α,β-unsaturated/α-hetero) is 1. The summed E-state index contributed by atoms with van der Waals surface area (Å²) in [4.78, 5) is 65.8. The van der Waals surface area contributed by atoms with Crippen LogP contribution >= 0.6 is 0 Å². The number of aldehydes is 1. The first-order valence-electron chi connectivity index (χ1n) is 21.9. The highest BCUT2D eigenvalue weighted by molar-refractivity contribution is 6.13. The van der Waals surface area contributed by atoms with Gasteiger partial charge in [-0.1, -0.05) is 36.9 Å². The number of para-hydroxylation sites is 1. The summed E-state index contributed by atoms with van der Waals surface area (Å²) >= 11 is 0. The van der Waals surface area contributed by atoms with Crippen LogP contribution in [0.5, 0.6) is 5.88 Å². The molecule has 1 aromatic carbocycles. The van der Waals surface area contributed by atoms with Gasteiger partial charge in [0.2, 0.25) is 5.88 Å². The van der Waals surface area contributed by atoms with E-state index in [1.165, 1.54) is 34.9 Å². The van der Waals surface area contributed by atoms with Crippen molar-refractivity contribution in [2.75, 3.05) is 41.5 Å². The number of carbonyl (C=O) groups is 4. The quantitative estimate of drug-likeness (QED) is 0.0786. The molecule has 6 heterocycles. The van der Waals surface area contributed by atoms with Gasteiger partial charge in [0, 0.05) is 49.3 Å². The van der Waals surface area contributed by atoms with Crippen LogP contribution in [0.25, 0.3) is 10.9 Å². The Balaban J connectivity index is 0.000000157. The Kier molecular flexibility index (Phi) is 15.7. The number of hydrogen-bond acceptors (Lipinski definition) is 16. The highest BCUT2D eigenvalue weighted by atomic mass is 16.5. The summed E-state index contributed by atoms with van der Waals surface area (Å²) in [5.41, 5.74) is 3.16. The lowest BCUT2D eigenvalue weighted by atomic mass is 9.59. The summed E-state index contributed by atoms with van der Waals surface area (Å²) in [5, 5.41) is 32.1. The first kappa shape index (κ1) is 48.9. The Labute approximate surface area is 384 Å². The van der Waals surface area contributed by atoms with Crippen LogP contribution in [0.3, 0.4) is 0 Å². The van der Waals surface area contributed by atoms with Crippen LogP contribution in [0.4, 0.5) is 0 Å². The summed E-state index contributed by atoms with van der Waals surface area (Å²) in [6.07, 6.45) is 9.51. The predicted molar refractivity (Wildman–Crippen MR) is 247 cm³/mol. The Morgan fingerprint density at radius 2 is 1.77 bits per heavy atom. The number of nitrogens with zero attached hydrogens (tertiary/aromatic N) is 5. The van der Waals surface area contributed by atoms with Gasteiger partial charge in [-0.3, -0.25) is 24.3 Å². The van der Waals surface area contributed by atoms with Gasteiger partial charge < -0.3 is 34.3 Å². The van der Waals surface area contributed by atoms with E-state index in [9.17, 15) is 34.5 Å². The number of fused-ring (bicyclic) bond motifs is 9. The molecule has 3 fully saturated rings. The topological polar surface area (TPSA) is 220 Å². The lowest BCUT2D eigenvalue weighted by Crippen LogP contribution is -2.54. The molecule has 3 aliphatic carbocycles. The van der Waals surface area contributed by atoms with E-state index < -0.39 is 29.4 Å². The van der Waals surface area contributed by atoms with Crippen molar-refractivity contribution >= 4 is 47.1 Å². The molecule has 10 rings (SSSR count). The van der Waals surface area contributed by atoms with E-state index >= 15 is 0 Å². The lowest BCUT2D eigenvalue weighted by Gasteiger charge is -2.50. The third-order valence-corrected chi connectivity index (χ3v) is 13.3. The van der Waals surface area contributed by atoms with Crippen LogP contribution in [0.15, 0.2) is 106 Å². The molecule has 2 aromatic heterocycles. The smallest absolute Gasteiger partial charge is 0.337 e. The van der Waals surface area contributed by atoms with Crippen LogP contribution in [0.1, 0.15) is 68.9 Å². The average Bonchev–Trinajstić information content (AvgIpc) is 3.35. The number of rotatable bonds is 7. The van der Waals surface area contributed by atoms with E-state index in [4.69, 9.17) is 14.2 Å². The third kappa shape index (κ3) is 9.70. The monoisotopic (exact) mass is 905 g/mol. The van der Waals surface area contributed by atoms with Crippen molar-refractivity contribution in [3.8, 4) is 5.88 Å². The van der Waals surface area contributed by atoms with Gasteiger partial charge in [-0.25, -0.2) is 19.8 Å². The van der Waals surface area contributed by atoms with Gasteiger partial charge in [-0.2, -0.15) is 0 Å². The number of hydrogen-bond donors (Lipinski definition) is 3. The molecule has 0 saturated carbocycles. The van der Waals surface area contributed by atoms with E-state index in [2.05, 4.69) is 54.9 Å². The first-order chi connectivity index (χ1) is 31.7. The van der Waals surface area contributed by atoms with Crippen LogP contribution in [-0.4, -0.2) is 120 Å². The molecule has 0 spiro atoms. The fourth-order valence-corrected chi connectivity index (χ4v) is 9.88. The summed E-state index contributed by atoms with van der Waals surface area (Å²) in [6, 6.07) is 13.8. The third-order valence-electron chi connectivity index (χ3n) is 13.3. The van der Waals surface area contributed by atoms with Gasteiger partial charge in [0.15, 0.2) is 11.2 Å². The Hall–Kier alpha value is -6.52. The number of methoxy groups -OCH3 is 4. The molecular formula is C50H59N5O11. The number of aliphatic hydroxyl groups excluding tert-OH is 3. The molecule has 3 N–H and O–H groups in total. The Morgan fingerprint density at radius 1 is 1.03 bits per heavy atom. The molecule has 3 aromatic rings. The van der Waals surface area contributed by atoms with Crippen molar-refractivity contribution in [2.45, 2.75) is 76.0 Å². The van der Waals surface area contributed by atoms with Gasteiger partial charge in [0.25, 0.3) is 0 Å². The Morgan fingerprint density at radius 3 is 2.41 bits per heavy atom. The lowest BCUT2D eigenvalue weighted by molar-refractivity contribution is -0.154. The normalized spacial score (nSPS) is 27.0. The van der Waals surface area contributed by atoms with Crippen molar-refractivity contribution in [3.63, 3.8) is 0 Å². The summed E-state index contributed by atoms with van der Waals surface area (Å²) in [6.45, 7) is 12.8. The number of aromatic nitrogens is 2. The maximum absolute atomic E-state index is 12.8. The Bertz CT molecular complexity index is 2490. The number of aliphatic imine (C=N–C) groups is 2. The fraction of sp³-hybridized carbons (Fsp3) is 0.440. The number of pyridine rings is 2. The first-order valence-corrected chi connectivity index (χ1v) is 21.9. The van der Waals surface area contributed by atoms with Gasteiger partial charge in [0.1, 0.15) is 17.8 Å². The molecule has 16 heteroatoms. The number of ether oxygens (including phenoxy) is 4. The van der Waals surface area contributed by atoms with E-state index in [1.807, 2.05) is 30.5 Å². The van der Waals surface area contributed by atoms with Crippen LogP contribution in [0.2, 0.25) is 0 Å². The highest BCUT2D eigenvalue weighted by Crippen LogP contribution is 2.48. The summed E-state index contributed by atoms with van der Waals surface area (Å²) in [7, 11) is 5.54. The number of carbonyl (C=O) groups excluding carboxylic acids is 4. The maximum Gasteiger partial charge on any atom is 0.337 e. The number of ketones is 1. The van der Waals surface area contributed by atoms with Gasteiger partial charge in [-0.05, 0) is 92.3 Å². The number of piperidine rings is 3. The minimum absolute atomic E-state index is 0.0415. The average molecular weight is 906 g/mol. The van der Waals surface area contributed by atoms with Crippen molar-refractivity contribution < 1.29 is 53.4 Å². The number of aliphatic hydroxyl groups is 3. The van der Waals surface area contributed by atoms with Crippen molar-refractivity contribution in [2.24, 2.45) is 33.7 Å². The van der Waals surface area contributed by atoms with Crippen LogP contribution in [-0.2, 0) is 45.2 Å². The second kappa shape index (κ2) is 21.2. The maximum atomic E-state index is 12.8. The second-order valence-corrected chi connectivity index (χ2v) is 17.2. The van der Waals surface area contributed by atoms with Gasteiger partial charge >= 0.3 is 18.0 Å².